The van der Waals surface area contributed by atoms with Crippen LogP contribution in [-0.4, -0.2) is 27.5 Å². The number of thiophene rings is 1. The number of alkyl halides is 3. The van der Waals surface area contributed by atoms with Crippen molar-refractivity contribution in [1.82, 2.24) is 4.57 Å². The van der Waals surface area contributed by atoms with Gasteiger partial charge in [0.1, 0.15) is 6.54 Å². The Morgan fingerprint density at radius 2 is 1.67 bits per heavy atom. The van der Waals surface area contributed by atoms with E-state index in [2.05, 4.69) is 5.32 Å². The van der Waals surface area contributed by atoms with Crippen molar-refractivity contribution in [2.45, 2.75) is 35.3 Å². The molecule has 14 heteroatoms. The quantitative estimate of drug-likeness (QED) is 0.228. The average molecular weight is 702 g/mol. The van der Waals surface area contributed by atoms with Crippen LogP contribution in [0, 0.1) is 29.6 Å². The van der Waals surface area contributed by atoms with E-state index >= 15 is 0 Å². The summed E-state index contributed by atoms with van der Waals surface area (Å²) in [7, 11) is 0. The molecule has 4 aliphatic rings. The number of nitrogens with one attached hydrogen (secondary N) is 1. The maximum atomic E-state index is 13.9. The van der Waals surface area contributed by atoms with Gasteiger partial charge in [0.05, 0.1) is 33.8 Å². The maximum Gasteiger partial charge on any atom is 0.418 e. The number of carbonyl (C=O) groups is 3. The van der Waals surface area contributed by atoms with Crippen LogP contribution in [0.25, 0.3) is 0 Å². The zero-order chi connectivity index (χ0) is 32.1. The molecule has 0 spiro atoms. The van der Waals surface area contributed by atoms with E-state index in [9.17, 15) is 32.3 Å². The first-order valence-corrected chi connectivity index (χ1v) is 17.5. The van der Waals surface area contributed by atoms with Crippen LogP contribution in [0.5, 0.6) is 0 Å². The number of thiazole rings is 1. The minimum atomic E-state index is -4.66. The topological polar surface area (TPSA) is 88.5 Å². The number of hydrogen-bond donors (Lipinski definition) is 1. The monoisotopic (exact) mass is 701 g/mol. The molecule has 46 heavy (non-hydrogen) atoms. The molecule has 7 nitrogen and oxygen atoms in total. The average Bonchev–Trinajstić information content (AvgIpc) is 3.83. The van der Waals surface area contributed by atoms with E-state index in [1.54, 1.807) is 35.6 Å². The van der Waals surface area contributed by atoms with Crippen molar-refractivity contribution < 1.29 is 27.6 Å². The van der Waals surface area contributed by atoms with Gasteiger partial charge in [0.15, 0.2) is 0 Å². The second-order valence-electron chi connectivity index (χ2n) is 12.0. The van der Waals surface area contributed by atoms with E-state index in [1.165, 1.54) is 39.4 Å². The summed E-state index contributed by atoms with van der Waals surface area (Å²) < 4.78 is 42.0. The molecular weight excluding hydrogens is 679 g/mol. The van der Waals surface area contributed by atoms with Crippen molar-refractivity contribution in [3.63, 3.8) is 0 Å². The van der Waals surface area contributed by atoms with Crippen LogP contribution >= 0.6 is 46.0 Å². The number of nitrogens with zero attached hydrogens (tertiary/aromatic N) is 2. The van der Waals surface area contributed by atoms with Crippen molar-refractivity contribution in [3.05, 3.63) is 96.1 Å². The van der Waals surface area contributed by atoms with Gasteiger partial charge in [-0.25, -0.2) is 0 Å². The van der Waals surface area contributed by atoms with Crippen LogP contribution in [0.1, 0.15) is 27.7 Å². The molecule has 7 atom stereocenters. The van der Waals surface area contributed by atoms with E-state index in [-0.39, 0.29) is 51.3 Å². The second kappa shape index (κ2) is 10.8. The van der Waals surface area contributed by atoms with Crippen molar-refractivity contribution >= 4 is 75.1 Å². The van der Waals surface area contributed by atoms with Crippen LogP contribution < -0.4 is 15.1 Å². The number of fused-ring (bicyclic) bond motifs is 9. The predicted octanol–water partition coefficient (Wildman–Crippen LogP) is 6.96. The molecule has 7 unspecified atom stereocenters. The molecule has 3 fully saturated rings. The summed E-state index contributed by atoms with van der Waals surface area (Å²) in [5, 5.41) is 5.31. The third kappa shape index (κ3) is 4.53. The normalized spacial score (nSPS) is 27.9. The number of imide groups is 1. The van der Waals surface area contributed by atoms with E-state index < -0.39 is 36.0 Å². The molecule has 2 aromatic carbocycles. The van der Waals surface area contributed by atoms with E-state index in [1.807, 2.05) is 17.5 Å². The molecule has 4 heterocycles. The van der Waals surface area contributed by atoms with E-state index in [0.29, 0.717) is 22.2 Å². The van der Waals surface area contributed by atoms with Gasteiger partial charge in [0.2, 0.25) is 17.7 Å². The summed E-state index contributed by atoms with van der Waals surface area (Å²) in [6.45, 7) is -0.458. The van der Waals surface area contributed by atoms with Gasteiger partial charge in [-0.2, -0.15) is 13.2 Å². The lowest BCUT2D eigenvalue weighted by molar-refractivity contribution is -0.137. The highest BCUT2D eigenvalue weighted by Crippen LogP contribution is 2.69. The number of benzene rings is 2. The van der Waals surface area contributed by atoms with Gasteiger partial charge in [0, 0.05) is 25.9 Å². The molecule has 2 aliphatic carbocycles. The fraction of sp³-hybridized carbons (Fsp3) is 0.312. The van der Waals surface area contributed by atoms with E-state index in [0.717, 1.165) is 27.2 Å². The third-order valence-electron chi connectivity index (χ3n) is 9.69. The minimum Gasteiger partial charge on any atom is -0.324 e. The van der Waals surface area contributed by atoms with Crippen LogP contribution in [-0.2, 0) is 27.1 Å². The Morgan fingerprint density at radius 1 is 0.957 bits per heavy atom. The van der Waals surface area contributed by atoms with Crippen LogP contribution in [0.4, 0.5) is 24.5 Å². The molecule has 2 aromatic heterocycles. The lowest BCUT2D eigenvalue weighted by Crippen LogP contribution is -2.43. The number of anilines is 2. The molecular formula is C32H23ClF3N3O4S3. The largest absolute Gasteiger partial charge is 0.418 e. The standard InChI is InChI=1S/C32H23ClF3N3O4S3/c33-14-7-9-15(10-8-14)39-28(41)23-16-12-17(24(23)29(39)42)26-22(16)25(20-6-3-11-44-20)27-30(45-26)38(31(43)46-27)13-21(40)37-19-5-2-1-4-18(19)32(34,35)36/h1-11,16-17,22-26H,12-13H2,(H,37,40). The third-order valence-corrected chi connectivity index (χ3v) is 13.7. The highest BCUT2D eigenvalue weighted by molar-refractivity contribution is 8.00. The van der Waals surface area contributed by atoms with Crippen molar-refractivity contribution in [2.24, 2.45) is 29.6 Å². The molecule has 0 radical (unpaired) electrons. The molecule has 4 aromatic rings. The Labute approximate surface area is 277 Å². The lowest BCUT2D eigenvalue weighted by atomic mass is 9.69. The summed E-state index contributed by atoms with van der Waals surface area (Å²) in [5.74, 6) is -2.55. The molecule has 236 valence electrons. The smallest absolute Gasteiger partial charge is 0.324 e. The first-order valence-electron chi connectivity index (χ1n) is 14.6. The fourth-order valence-electron chi connectivity index (χ4n) is 8.06. The van der Waals surface area contributed by atoms with Crippen molar-refractivity contribution in [2.75, 3.05) is 10.2 Å². The molecule has 3 amide bonds. The van der Waals surface area contributed by atoms with Crippen LogP contribution in [0.15, 0.2) is 75.9 Å². The Morgan fingerprint density at radius 3 is 2.37 bits per heavy atom. The summed E-state index contributed by atoms with van der Waals surface area (Å²) in [5.41, 5.74) is -0.863. The van der Waals surface area contributed by atoms with Gasteiger partial charge in [-0.3, -0.25) is 28.6 Å². The van der Waals surface area contributed by atoms with Gasteiger partial charge >= 0.3 is 11.0 Å². The molecule has 2 aliphatic heterocycles. The Hall–Kier alpha value is -3.39. The molecule has 1 N–H and O–H groups in total. The number of hydrogen-bond acceptors (Lipinski definition) is 7. The predicted molar refractivity (Wildman–Crippen MR) is 170 cm³/mol. The van der Waals surface area contributed by atoms with Gasteiger partial charge in [0.25, 0.3) is 0 Å². The minimum absolute atomic E-state index is 0.0108. The maximum absolute atomic E-state index is 13.9. The number of amides is 3. The first kappa shape index (κ1) is 30.0. The number of aromatic nitrogens is 1. The highest BCUT2D eigenvalue weighted by Gasteiger charge is 2.70. The van der Waals surface area contributed by atoms with Gasteiger partial charge in [-0.1, -0.05) is 41.1 Å². The molecule has 2 saturated carbocycles. The summed E-state index contributed by atoms with van der Waals surface area (Å²) >= 11 is 10.1. The summed E-state index contributed by atoms with van der Waals surface area (Å²) in [6, 6.07) is 15.3. The van der Waals surface area contributed by atoms with E-state index in [4.69, 9.17) is 11.6 Å². The number of rotatable bonds is 5. The fourth-order valence-corrected chi connectivity index (χ4v) is 12.3. The number of para-hydroxylation sites is 1. The second-order valence-corrected chi connectivity index (χ2v) is 15.5. The Kier molecular flexibility index (Phi) is 7.06. The number of carbonyl (C=O) groups excluding carboxylic acids is 3. The summed E-state index contributed by atoms with van der Waals surface area (Å²) in [4.78, 5) is 57.1. The number of halogens is 4. The lowest BCUT2D eigenvalue weighted by Gasteiger charge is -2.42. The number of thioether (sulfide) groups is 1. The van der Waals surface area contributed by atoms with Gasteiger partial charge < -0.3 is 5.32 Å². The molecule has 1 saturated heterocycles. The van der Waals surface area contributed by atoms with Crippen molar-refractivity contribution in [3.8, 4) is 0 Å². The summed E-state index contributed by atoms with van der Waals surface area (Å²) in [6.07, 6.45) is -3.96. The van der Waals surface area contributed by atoms with Gasteiger partial charge in [-0.05, 0) is 72.0 Å². The molecule has 8 rings (SSSR count). The van der Waals surface area contributed by atoms with Crippen LogP contribution in [0.3, 0.4) is 0 Å². The Balaban J connectivity index is 1.14. The first-order chi connectivity index (χ1) is 22.0. The Bertz CT molecular complexity index is 1960. The highest BCUT2D eigenvalue weighted by atomic mass is 35.5. The van der Waals surface area contributed by atoms with Crippen LogP contribution in [0.2, 0.25) is 5.02 Å². The van der Waals surface area contributed by atoms with Gasteiger partial charge in [-0.15, -0.1) is 23.1 Å². The zero-order valence-electron chi connectivity index (χ0n) is 23.6. The molecule has 2 bridgehead atoms. The SMILES string of the molecule is O=C(Cn1c2c(sc1=O)C(c1cccs1)C1C3CC(C1S2)C1C(=O)N(c2ccc(Cl)cc2)C(=O)C31)Nc1ccccc1C(F)(F)F. The van der Waals surface area contributed by atoms with Crippen molar-refractivity contribution in [1.29, 1.82) is 0 Å². The zero-order valence-corrected chi connectivity index (χ0v) is 26.8.